The minimum absolute atomic E-state index is 0.588. The maximum Gasteiger partial charge on any atom is 0.238 e. The fourth-order valence-electron chi connectivity index (χ4n) is 8.86. The van der Waals surface area contributed by atoms with E-state index in [0.29, 0.717) is 17.6 Å². The van der Waals surface area contributed by atoms with Gasteiger partial charge in [-0.2, -0.15) is 9.97 Å². The van der Waals surface area contributed by atoms with Crippen LogP contribution in [0.5, 0.6) is 0 Å². The summed E-state index contributed by atoms with van der Waals surface area (Å²) in [5.74, 6) is 1.86. The zero-order valence-corrected chi connectivity index (χ0v) is 30.1. The topological polar surface area (TPSA) is 48.5 Å². The number of rotatable bonds is 5. The molecule has 0 amide bonds. The third-order valence-electron chi connectivity index (χ3n) is 11.3. The van der Waals surface area contributed by atoms with Crippen molar-refractivity contribution in [3.05, 3.63) is 188 Å². The molecule has 260 valence electrons. The summed E-state index contributed by atoms with van der Waals surface area (Å²) in [5, 5.41) is 6.14. The maximum absolute atomic E-state index is 5.12. The van der Waals surface area contributed by atoms with Crippen molar-refractivity contribution in [3.8, 4) is 67.9 Å². The lowest BCUT2D eigenvalue weighted by atomic mass is 9.98. The van der Waals surface area contributed by atoms with E-state index in [9.17, 15) is 0 Å². The predicted molar refractivity (Wildman–Crippen MR) is 229 cm³/mol. The highest BCUT2D eigenvalue weighted by Crippen LogP contribution is 2.53. The quantitative estimate of drug-likeness (QED) is 0.178. The number of aromatic nitrogens is 5. The molecule has 1 aliphatic carbocycles. The first-order valence-corrected chi connectivity index (χ1v) is 19.0. The van der Waals surface area contributed by atoms with Gasteiger partial charge in [0, 0.05) is 44.1 Å². The zero-order valence-electron chi connectivity index (χ0n) is 30.1. The number of fused-ring (bicyclic) bond motifs is 8. The molecule has 11 aromatic rings. The molecule has 3 aromatic heterocycles. The van der Waals surface area contributed by atoms with E-state index in [1.807, 2.05) is 60.7 Å². The van der Waals surface area contributed by atoms with Crippen LogP contribution in [0.2, 0.25) is 0 Å². The molecule has 0 atom stereocenters. The van der Waals surface area contributed by atoms with Crippen LogP contribution in [0.15, 0.2) is 188 Å². The van der Waals surface area contributed by atoms with Gasteiger partial charge in [-0.15, -0.1) is 0 Å². The van der Waals surface area contributed by atoms with Gasteiger partial charge >= 0.3 is 0 Å². The maximum atomic E-state index is 5.12. The van der Waals surface area contributed by atoms with Crippen LogP contribution in [0.3, 0.4) is 0 Å². The molecule has 0 spiro atoms. The molecule has 0 unspecified atom stereocenters. The molecule has 12 rings (SSSR count). The van der Waals surface area contributed by atoms with E-state index in [4.69, 9.17) is 15.0 Å². The molecule has 0 N–H and O–H groups in total. The Hall–Kier alpha value is -7.63. The Kier molecular flexibility index (Phi) is 6.56. The Morgan fingerprint density at radius 3 is 1.59 bits per heavy atom. The van der Waals surface area contributed by atoms with Gasteiger partial charge in [-0.25, -0.2) is 4.98 Å². The van der Waals surface area contributed by atoms with E-state index in [-0.39, 0.29) is 0 Å². The number of hydrogen-bond donors (Lipinski definition) is 0. The van der Waals surface area contributed by atoms with Crippen molar-refractivity contribution in [1.82, 2.24) is 24.1 Å². The molecule has 8 aromatic carbocycles. The second kappa shape index (κ2) is 11.9. The van der Waals surface area contributed by atoms with Gasteiger partial charge in [-0.3, -0.25) is 4.57 Å². The standard InChI is InChI=1S/C51H31N5/c1-4-14-33(15-5-1)49-52-50(34-16-6-2-7-17-34)54-51(53-49)56-43-25-11-10-22-38(43)41-30-35(26-28-44(41)56)36-27-29-45-42(31-36)47-39-23-12-18-32-19-13-24-40(46(32)39)48(47)55(45)37-20-8-3-9-21-37/h1-31H. The van der Waals surface area contributed by atoms with Crippen molar-refractivity contribution < 1.29 is 0 Å². The highest BCUT2D eigenvalue weighted by atomic mass is 15.2. The third kappa shape index (κ3) is 4.52. The molecule has 0 saturated carbocycles. The Bertz CT molecular complexity index is 3280. The van der Waals surface area contributed by atoms with Gasteiger partial charge in [0.15, 0.2) is 11.6 Å². The number of hydrogen-bond acceptors (Lipinski definition) is 3. The summed E-state index contributed by atoms with van der Waals surface area (Å²) in [7, 11) is 0. The summed E-state index contributed by atoms with van der Waals surface area (Å²) >= 11 is 0. The first kappa shape index (κ1) is 30.8. The molecule has 0 bridgehead atoms. The highest BCUT2D eigenvalue weighted by Gasteiger charge is 2.29. The van der Waals surface area contributed by atoms with Crippen molar-refractivity contribution in [2.45, 2.75) is 0 Å². The summed E-state index contributed by atoms with van der Waals surface area (Å²) < 4.78 is 4.63. The van der Waals surface area contributed by atoms with E-state index in [1.165, 1.54) is 49.6 Å². The van der Waals surface area contributed by atoms with Crippen molar-refractivity contribution >= 4 is 43.5 Å². The number of para-hydroxylation sites is 2. The minimum atomic E-state index is 0.588. The number of nitrogens with zero attached hydrogens (tertiary/aromatic N) is 5. The van der Waals surface area contributed by atoms with E-state index in [1.54, 1.807) is 0 Å². The van der Waals surface area contributed by atoms with E-state index in [0.717, 1.165) is 44.2 Å². The van der Waals surface area contributed by atoms with Crippen LogP contribution < -0.4 is 0 Å². The molecule has 5 heteroatoms. The first-order chi connectivity index (χ1) is 27.8. The third-order valence-corrected chi connectivity index (χ3v) is 11.3. The molecule has 0 radical (unpaired) electrons. The highest BCUT2D eigenvalue weighted by molar-refractivity contribution is 6.22. The first-order valence-electron chi connectivity index (χ1n) is 19.0. The Labute approximate surface area is 322 Å². The summed E-state index contributed by atoms with van der Waals surface area (Å²) in [5.41, 5.74) is 13.8. The van der Waals surface area contributed by atoms with Crippen molar-refractivity contribution in [3.63, 3.8) is 0 Å². The number of benzene rings is 8. The lowest BCUT2D eigenvalue weighted by Gasteiger charge is -2.12. The van der Waals surface area contributed by atoms with Crippen LogP contribution in [0.1, 0.15) is 0 Å². The summed E-state index contributed by atoms with van der Waals surface area (Å²) in [6.45, 7) is 0. The van der Waals surface area contributed by atoms with Gasteiger partial charge in [0.1, 0.15) is 0 Å². The normalized spacial score (nSPS) is 11.9. The second-order valence-electron chi connectivity index (χ2n) is 14.4. The van der Waals surface area contributed by atoms with E-state index in [2.05, 4.69) is 137 Å². The molecule has 0 fully saturated rings. The summed E-state index contributed by atoms with van der Waals surface area (Å²) in [4.78, 5) is 15.2. The fourth-order valence-corrected chi connectivity index (χ4v) is 8.86. The van der Waals surface area contributed by atoms with Crippen molar-refractivity contribution in [2.75, 3.05) is 0 Å². The summed E-state index contributed by atoms with van der Waals surface area (Å²) in [6, 6.07) is 66.7. The van der Waals surface area contributed by atoms with Crippen LogP contribution >= 0.6 is 0 Å². The molecular formula is C51H31N5. The monoisotopic (exact) mass is 713 g/mol. The summed E-state index contributed by atoms with van der Waals surface area (Å²) in [6.07, 6.45) is 0. The van der Waals surface area contributed by atoms with Crippen LogP contribution in [-0.2, 0) is 0 Å². The molecular weight excluding hydrogens is 683 g/mol. The molecule has 0 saturated heterocycles. The molecule has 5 nitrogen and oxygen atoms in total. The van der Waals surface area contributed by atoms with Gasteiger partial charge in [0.25, 0.3) is 0 Å². The lowest BCUT2D eigenvalue weighted by Crippen LogP contribution is -2.06. The molecule has 0 aliphatic heterocycles. The molecule has 3 heterocycles. The second-order valence-corrected chi connectivity index (χ2v) is 14.4. The minimum Gasteiger partial charge on any atom is -0.309 e. The van der Waals surface area contributed by atoms with E-state index >= 15 is 0 Å². The fraction of sp³-hybridized carbons (Fsp3) is 0. The predicted octanol–water partition coefficient (Wildman–Crippen LogP) is 12.7. The van der Waals surface area contributed by atoms with Crippen LogP contribution in [-0.4, -0.2) is 24.1 Å². The smallest absolute Gasteiger partial charge is 0.238 e. The largest absolute Gasteiger partial charge is 0.309 e. The van der Waals surface area contributed by atoms with E-state index < -0.39 is 0 Å². The lowest BCUT2D eigenvalue weighted by molar-refractivity contribution is 0.953. The van der Waals surface area contributed by atoms with Gasteiger partial charge in [0.05, 0.1) is 22.2 Å². The van der Waals surface area contributed by atoms with Crippen molar-refractivity contribution in [1.29, 1.82) is 0 Å². The van der Waals surface area contributed by atoms with Gasteiger partial charge in [-0.1, -0.05) is 146 Å². The average Bonchev–Trinajstić information content (AvgIpc) is 3.91. The van der Waals surface area contributed by atoms with Gasteiger partial charge in [0.2, 0.25) is 5.95 Å². The SMILES string of the molecule is c1ccc(-c2nc(-c3ccccc3)nc(-n3c4ccccc4c4cc(-c5ccc6c(c5)c5c(n6-c6ccccc6)-c6cccc7cccc-5c67)ccc43)n2)cc1. The van der Waals surface area contributed by atoms with Crippen LogP contribution in [0.25, 0.3) is 111 Å². The van der Waals surface area contributed by atoms with Crippen LogP contribution in [0.4, 0.5) is 0 Å². The Balaban J connectivity index is 1.07. The van der Waals surface area contributed by atoms with Gasteiger partial charge in [-0.05, 0) is 69.9 Å². The van der Waals surface area contributed by atoms with Gasteiger partial charge < -0.3 is 4.57 Å². The zero-order chi connectivity index (χ0) is 36.7. The average molecular weight is 714 g/mol. The molecule has 1 aliphatic rings. The Morgan fingerprint density at radius 1 is 0.357 bits per heavy atom. The van der Waals surface area contributed by atoms with Crippen LogP contribution in [0, 0.1) is 0 Å². The Morgan fingerprint density at radius 2 is 0.911 bits per heavy atom. The van der Waals surface area contributed by atoms with Crippen molar-refractivity contribution in [2.24, 2.45) is 0 Å². The molecule has 56 heavy (non-hydrogen) atoms.